The van der Waals surface area contributed by atoms with Crippen molar-refractivity contribution in [3.05, 3.63) is 46.6 Å². The average Bonchev–Trinajstić information content (AvgIpc) is 2.27. The quantitative estimate of drug-likeness (QED) is 0.652. The van der Waals surface area contributed by atoms with Crippen LogP contribution in [-0.2, 0) is 0 Å². The molecule has 0 aromatic rings. The summed E-state index contributed by atoms with van der Waals surface area (Å²) in [6, 6.07) is 0. The Bertz CT molecular complexity index is 418. The van der Waals surface area contributed by atoms with Gasteiger partial charge in [-0.25, -0.2) is 4.99 Å². The molecular formula is C13H15NS. The monoisotopic (exact) mass is 217 g/mol. The lowest BCUT2D eigenvalue weighted by Gasteiger charge is -2.23. The van der Waals surface area contributed by atoms with Crippen molar-refractivity contribution in [3.63, 3.8) is 0 Å². The van der Waals surface area contributed by atoms with E-state index in [1.807, 2.05) is 0 Å². The maximum absolute atomic E-state index is 4.62. The molecule has 2 aliphatic rings. The molecule has 0 radical (unpaired) electrons. The summed E-state index contributed by atoms with van der Waals surface area (Å²) in [4.78, 5) is 4.62. The summed E-state index contributed by atoms with van der Waals surface area (Å²) >= 11 is 1.70. The molecule has 0 bridgehead atoms. The lowest BCUT2D eigenvalue weighted by Crippen LogP contribution is -2.18. The summed E-state index contributed by atoms with van der Waals surface area (Å²) in [6.45, 7) is 4.33. The van der Waals surface area contributed by atoms with Gasteiger partial charge in [0, 0.05) is 5.92 Å². The first-order valence-corrected chi connectivity index (χ1v) is 6.31. The Hall–Kier alpha value is -1.02. The van der Waals surface area contributed by atoms with Crippen LogP contribution in [-0.4, -0.2) is 12.0 Å². The van der Waals surface area contributed by atoms with Crippen molar-refractivity contribution in [2.75, 3.05) is 6.26 Å². The lowest BCUT2D eigenvalue weighted by atomic mass is 9.86. The fourth-order valence-corrected chi connectivity index (χ4v) is 2.29. The number of nitrogens with zero attached hydrogens (tertiary/aromatic N) is 1. The van der Waals surface area contributed by atoms with E-state index in [0.717, 1.165) is 5.03 Å². The van der Waals surface area contributed by atoms with Gasteiger partial charge in [0.25, 0.3) is 0 Å². The minimum absolute atomic E-state index is 0.371. The summed E-state index contributed by atoms with van der Waals surface area (Å²) in [5, 5.41) is 1.11. The van der Waals surface area contributed by atoms with E-state index in [2.05, 4.69) is 55.5 Å². The number of aliphatic imine (C=N–C) groups is 1. The minimum Gasteiger partial charge on any atom is -0.246 e. The zero-order valence-electron chi connectivity index (χ0n) is 9.32. The third-order valence-corrected chi connectivity index (χ3v) is 3.27. The molecule has 1 aliphatic carbocycles. The molecule has 0 N–H and O–H groups in total. The number of rotatable bonds is 1. The second kappa shape index (κ2) is 4.23. The van der Waals surface area contributed by atoms with Gasteiger partial charge in [0.15, 0.2) is 0 Å². The van der Waals surface area contributed by atoms with Crippen molar-refractivity contribution in [1.29, 1.82) is 0 Å². The van der Waals surface area contributed by atoms with Crippen LogP contribution < -0.4 is 0 Å². The van der Waals surface area contributed by atoms with Crippen LogP contribution in [0.5, 0.6) is 0 Å². The fourth-order valence-electron chi connectivity index (χ4n) is 1.84. The van der Waals surface area contributed by atoms with Gasteiger partial charge in [-0.05, 0) is 37.8 Å². The molecule has 1 atom stereocenters. The van der Waals surface area contributed by atoms with Crippen LogP contribution in [0, 0.1) is 5.92 Å². The van der Waals surface area contributed by atoms with Gasteiger partial charge in [-0.2, -0.15) is 0 Å². The smallest absolute Gasteiger partial charge is 0.0963 e. The van der Waals surface area contributed by atoms with Gasteiger partial charge in [0.05, 0.1) is 10.7 Å². The van der Waals surface area contributed by atoms with Gasteiger partial charge >= 0.3 is 0 Å². The highest BCUT2D eigenvalue weighted by atomic mass is 32.2. The van der Waals surface area contributed by atoms with Crippen LogP contribution in [0.25, 0.3) is 0 Å². The Morgan fingerprint density at radius 3 is 2.80 bits per heavy atom. The zero-order chi connectivity index (χ0) is 10.8. The summed E-state index contributed by atoms with van der Waals surface area (Å²) < 4.78 is 0. The fraction of sp³-hybridized carbons (Fsp3) is 0.308. The van der Waals surface area contributed by atoms with Crippen LogP contribution in [0.15, 0.2) is 51.5 Å². The molecule has 1 nitrogen and oxygen atoms in total. The van der Waals surface area contributed by atoms with Crippen LogP contribution in [0.1, 0.15) is 13.8 Å². The van der Waals surface area contributed by atoms with Gasteiger partial charge in [-0.3, -0.25) is 0 Å². The predicted octanol–water partition coefficient (Wildman–Crippen LogP) is 3.72. The van der Waals surface area contributed by atoms with Gasteiger partial charge in [0.1, 0.15) is 0 Å². The Morgan fingerprint density at radius 2 is 2.13 bits per heavy atom. The second-order valence-electron chi connectivity index (χ2n) is 3.90. The summed E-state index contributed by atoms with van der Waals surface area (Å²) in [6.07, 6.45) is 12.8. The minimum atomic E-state index is 0.371. The maximum atomic E-state index is 4.62. The second-order valence-corrected chi connectivity index (χ2v) is 4.73. The van der Waals surface area contributed by atoms with Crippen LogP contribution in [0.3, 0.4) is 0 Å². The van der Waals surface area contributed by atoms with Gasteiger partial charge in [0.2, 0.25) is 0 Å². The van der Waals surface area contributed by atoms with E-state index in [0.29, 0.717) is 5.92 Å². The Kier molecular flexibility index (Phi) is 2.96. The van der Waals surface area contributed by atoms with Gasteiger partial charge in [-0.1, -0.05) is 23.8 Å². The van der Waals surface area contributed by atoms with Crippen LogP contribution >= 0.6 is 11.8 Å². The largest absolute Gasteiger partial charge is 0.246 e. The SMILES string of the molecule is CSC1=CC(=C(C)C)C2C=CC=CC2=N1. The standard InChI is InChI=1S/C13H15NS/c1-9(2)11-8-13(15-3)14-12-7-5-4-6-10(11)12/h4-8,10H,1-3H3. The van der Waals surface area contributed by atoms with E-state index < -0.39 is 0 Å². The average molecular weight is 217 g/mol. The molecule has 1 unspecified atom stereocenters. The number of allylic oxidation sites excluding steroid dienone is 7. The summed E-state index contributed by atoms with van der Waals surface area (Å²) in [5.74, 6) is 0.371. The van der Waals surface area contributed by atoms with E-state index in [1.54, 1.807) is 11.8 Å². The normalized spacial score (nSPS) is 23.4. The van der Waals surface area contributed by atoms with E-state index in [-0.39, 0.29) is 0 Å². The first-order chi connectivity index (χ1) is 7.22. The summed E-state index contributed by atoms with van der Waals surface area (Å²) in [7, 11) is 0. The molecule has 0 amide bonds. The first-order valence-electron chi connectivity index (χ1n) is 5.09. The maximum Gasteiger partial charge on any atom is 0.0963 e. The predicted molar refractivity (Wildman–Crippen MR) is 69.2 cm³/mol. The van der Waals surface area contributed by atoms with Crippen molar-refractivity contribution in [1.82, 2.24) is 0 Å². The van der Waals surface area contributed by atoms with Crippen LogP contribution in [0.2, 0.25) is 0 Å². The summed E-state index contributed by atoms with van der Waals surface area (Å²) in [5.41, 5.74) is 3.93. The third-order valence-electron chi connectivity index (χ3n) is 2.64. The number of hydrogen-bond donors (Lipinski definition) is 0. The molecule has 0 spiro atoms. The van der Waals surface area contributed by atoms with Crippen LogP contribution in [0.4, 0.5) is 0 Å². The van der Waals surface area contributed by atoms with Crippen molar-refractivity contribution in [3.8, 4) is 0 Å². The van der Waals surface area contributed by atoms with Crippen molar-refractivity contribution in [2.24, 2.45) is 10.9 Å². The van der Waals surface area contributed by atoms with E-state index in [1.165, 1.54) is 16.9 Å². The number of thioether (sulfide) groups is 1. The molecule has 1 aliphatic heterocycles. The molecule has 0 saturated heterocycles. The highest BCUT2D eigenvalue weighted by molar-refractivity contribution is 8.02. The van der Waals surface area contributed by atoms with E-state index in [9.17, 15) is 0 Å². The molecule has 15 heavy (non-hydrogen) atoms. The number of hydrogen-bond acceptors (Lipinski definition) is 2. The molecule has 2 heteroatoms. The van der Waals surface area contributed by atoms with Gasteiger partial charge < -0.3 is 0 Å². The first kappa shape index (κ1) is 10.5. The molecule has 0 fully saturated rings. The van der Waals surface area contributed by atoms with Gasteiger partial charge in [-0.15, -0.1) is 11.8 Å². The zero-order valence-corrected chi connectivity index (χ0v) is 10.1. The molecule has 0 saturated carbocycles. The molecule has 1 heterocycles. The van der Waals surface area contributed by atoms with Crippen molar-refractivity contribution < 1.29 is 0 Å². The highest BCUT2D eigenvalue weighted by Crippen LogP contribution is 2.32. The molecular weight excluding hydrogens is 202 g/mol. The Morgan fingerprint density at radius 1 is 1.33 bits per heavy atom. The Balaban J connectivity index is 2.48. The third kappa shape index (κ3) is 2.00. The molecule has 78 valence electrons. The Labute approximate surface area is 95.4 Å². The molecule has 0 aromatic carbocycles. The molecule has 2 rings (SSSR count). The highest BCUT2D eigenvalue weighted by Gasteiger charge is 2.21. The van der Waals surface area contributed by atoms with Crippen molar-refractivity contribution >= 4 is 17.5 Å². The lowest BCUT2D eigenvalue weighted by molar-refractivity contribution is 1.00. The van der Waals surface area contributed by atoms with E-state index in [4.69, 9.17) is 0 Å². The molecule has 0 aromatic heterocycles. The topological polar surface area (TPSA) is 12.4 Å². The number of fused-ring (bicyclic) bond motifs is 1. The van der Waals surface area contributed by atoms with Crippen molar-refractivity contribution in [2.45, 2.75) is 13.8 Å². The van der Waals surface area contributed by atoms with E-state index >= 15 is 0 Å².